The number of nitrogens with zero attached hydrogens (tertiary/aromatic N) is 3. The van der Waals surface area contributed by atoms with E-state index >= 15 is 0 Å². The van der Waals surface area contributed by atoms with Crippen molar-refractivity contribution in [3.05, 3.63) is 107 Å². The molecule has 2 aromatic carbocycles. The van der Waals surface area contributed by atoms with E-state index in [1.165, 1.54) is 30.9 Å². The number of benzene rings is 2. The van der Waals surface area contributed by atoms with E-state index in [4.69, 9.17) is 18.6 Å². The molecular formula is C29H25N3O8S. The van der Waals surface area contributed by atoms with Gasteiger partial charge in [-0.15, -0.1) is 0 Å². The van der Waals surface area contributed by atoms with Gasteiger partial charge in [-0.1, -0.05) is 11.3 Å². The summed E-state index contributed by atoms with van der Waals surface area (Å²) in [5.41, 5.74) is 1.47. The minimum absolute atomic E-state index is 0.0258. The molecule has 0 radical (unpaired) electrons. The third-order valence-electron chi connectivity index (χ3n) is 6.52. The van der Waals surface area contributed by atoms with Crippen LogP contribution in [0.1, 0.15) is 31.2 Å². The van der Waals surface area contributed by atoms with Gasteiger partial charge in [-0.2, -0.15) is 0 Å². The second-order valence-corrected chi connectivity index (χ2v) is 9.93. The Morgan fingerprint density at radius 2 is 1.90 bits per heavy atom. The zero-order chi connectivity index (χ0) is 29.3. The average molecular weight is 576 g/mol. The van der Waals surface area contributed by atoms with Crippen molar-refractivity contribution in [1.29, 1.82) is 0 Å². The highest BCUT2D eigenvalue weighted by molar-refractivity contribution is 7.07. The van der Waals surface area contributed by atoms with Crippen molar-refractivity contribution in [2.24, 2.45) is 4.99 Å². The molecule has 210 valence electrons. The Balaban J connectivity index is 1.63. The summed E-state index contributed by atoms with van der Waals surface area (Å²) >= 11 is 1.16. The minimum Gasteiger partial charge on any atom is -0.497 e. The Bertz CT molecular complexity index is 1860. The van der Waals surface area contributed by atoms with Crippen LogP contribution in [-0.4, -0.2) is 36.3 Å². The smallest absolute Gasteiger partial charge is 0.338 e. The highest BCUT2D eigenvalue weighted by atomic mass is 32.1. The first-order chi connectivity index (χ1) is 19.7. The molecule has 0 saturated heterocycles. The van der Waals surface area contributed by atoms with Crippen molar-refractivity contribution >= 4 is 29.1 Å². The summed E-state index contributed by atoms with van der Waals surface area (Å²) in [5.74, 6) is 1.30. The molecule has 0 aliphatic carbocycles. The van der Waals surface area contributed by atoms with Crippen LogP contribution < -0.4 is 24.4 Å². The normalized spacial score (nSPS) is 14.8. The van der Waals surface area contributed by atoms with Gasteiger partial charge in [-0.05, 0) is 50.2 Å². The number of furan rings is 1. The van der Waals surface area contributed by atoms with Gasteiger partial charge in [0.1, 0.15) is 29.1 Å². The summed E-state index contributed by atoms with van der Waals surface area (Å²) in [5, 5.41) is 11.0. The van der Waals surface area contributed by atoms with Gasteiger partial charge >= 0.3 is 5.97 Å². The number of hydrogen-bond donors (Lipinski definition) is 0. The number of non-ortho nitro benzene ring substituents is 1. The number of aromatic nitrogens is 1. The molecule has 1 aliphatic heterocycles. The summed E-state index contributed by atoms with van der Waals surface area (Å²) in [6, 6.07) is 13.7. The quantitative estimate of drug-likeness (QED) is 0.175. The standard InChI is InChI=1S/C29H25N3O8S/c1-5-39-28(34)25-16(2)30-29-31(26(25)21-12-10-19(37-3)14-23(21)38-4)27(33)24(41-29)15-20-11-13-22(40-20)17-6-8-18(9-7-17)32(35)36/h6-15,26H,5H2,1-4H3. The fraction of sp³-hybridized carbons (Fsp3) is 0.207. The maximum atomic E-state index is 13.9. The van der Waals surface area contributed by atoms with E-state index < -0.39 is 16.9 Å². The molecule has 3 heterocycles. The van der Waals surface area contributed by atoms with Gasteiger partial charge in [0.2, 0.25) is 0 Å². The molecule has 41 heavy (non-hydrogen) atoms. The predicted molar refractivity (Wildman–Crippen MR) is 151 cm³/mol. The summed E-state index contributed by atoms with van der Waals surface area (Å²) < 4.78 is 24.0. The predicted octanol–water partition coefficient (Wildman–Crippen LogP) is 3.98. The first kappa shape index (κ1) is 27.6. The first-order valence-electron chi connectivity index (χ1n) is 12.5. The van der Waals surface area contributed by atoms with Crippen molar-refractivity contribution in [2.75, 3.05) is 20.8 Å². The fourth-order valence-corrected chi connectivity index (χ4v) is 5.62. The summed E-state index contributed by atoms with van der Waals surface area (Å²) in [7, 11) is 3.04. The van der Waals surface area contributed by atoms with E-state index in [-0.39, 0.29) is 23.4 Å². The van der Waals surface area contributed by atoms with E-state index in [0.29, 0.717) is 49.2 Å². The SMILES string of the molecule is CCOC(=O)C1=C(C)N=c2sc(=Cc3ccc(-c4ccc([N+](=O)[O-])cc4)o3)c(=O)n2C1c1ccc(OC)cc1OC. The van der Waals surface area contributed by atoms with Gasteiger partial charge in [0.15, 0.2) is 4.80 Å². The molecule has 5 rings (SSSR count). The molecule has 1 unspecified atom stereocenters. The van der Waals surface area contributed by atoms with Crippen molar-refractivity contribution < 1.29 is 28.3 Å². The number of carbonyl (C=O) groups is 1. The maximum Gasteiger partial charge on any atom is 0.338 e. The molecule has 0 N–H and O–H groups in total. The molecule has 1 aliphatic rings. The number of nitro groups is 1. The highest BCUT2D eigenvalue weighted by Gasteiger charge is 2.35. The van der Waals surface area contributed by atoms with E-state index in [1.54, 1.807) is 62.4 Å². The molecule has 0 fully saturated rings. The molecule has 0 spiro atoms. The van der Waals surface area contributed by atoms with Crippen LogP contribution >= 0.6 is 11.3 Å². The summed E-state index contributed by atoms with van der Waals surface area (Å²) in [6.07, 6.45) is 1.60. The van der Waals surface area contributed by atoms with Crippen molar-refractivity contribution in [1.82, 2.24) is 4.57 Å². The number of fused-ring (bicyclic) bond motifs is 1. The molecule has 2 aromatic heterocycles. The third kappa shape index (κ3) is 5.16. The zero-order valence-corrected chi connectivity index (χ0v) is 23.4. The monoisotopic (exact) mass is 575 g/mol. The lowest BCUT2D eigenvalue weighted by atomic mass is 9.95. The maximum absolute atomic E-state index is 13.9. The van der Waals surface area contributed by atoms with Crippen molar-refractivity contribution in [2.45, 2.75) is 19.9 Å². The number of ether oxygens (including phenoxy) is 3. The average Bonchev–Trinajstić information content (AvgIpc) is 3.56. The van der Waals surface area contributed by atoms with Gasteiger partial charge in [-0.25, -0.2) is 9.79 Å². The number of nitro benzene ring substituents is 1. The summed E-state index contributed by atoms with van der Waals surface area (Å²) in [4.78, 5) is 42.5. The fourth-order valence-electron chi connectivity index (χ4n) is 4.59. The Kier molecular flexibility index (Phi) is 7.58. The number of thiazole rings is 1. The topological polar surface area (TPSA) is 135 Å². The number of carbonyl (C=O) groups excluding carboxylic acids is 1. The molecule has 0 saturated carbocycles. The Labute approximate surface area is 237 Å². The lowest BCUT2D eigenvalue weighted by molar-refractivity contribution is -0.384. The third-order valence-corrected chi connectivity index (χ3v) is 7.50. The van der Waals surface area contributed by atoms with Gasteiger partial charge in [0.05, 0.1) is 41.6 Å². The van der Waals surface area contributed by atoms with Gasteiger partial charge in [-0.3, -0.25) is 19.5 Å². The minimum atomic E-state index is -0.861. The van der Waals surface area contributed by atoms with Crippen LogP contribution in [0.15, 0.2) is 80.1 Å². The van der Waals surface area contributed by atoms with Crippen LogP contribution in [0.4, 0.5) is 5.69 Å². The van der Waals surface area contributed by atoms with Gasteiger partial charge in [0.25, 0.3) is 11.2 Å². The number of methoxy groups -OCH3 is 2. The number of rotatable bonds is 8. The molecule has 1 atom stereocenters. The number of esters is 1. The van der Waals surface area contributed by atoms with Crippen LogP contribution in [0, 0.1) is 10.1 Å². The number of allylic oxidation sites excluding steroid dienone is 1. The highest BCUT2D eigenvalue weighted by Crippen LogP contribution is 2.37. The van der Waals surface area contributed by atoms with Crippen LogP contribution in [0.5, 0.6) is 11.5 Å². The van der Waals surface area contributed by atoms with Gasteiger partial charge < -0.3 is 18.6 Å². The summed E-state index contributed by atoms with van der Waals surface area (Å²) in [6.45, 7) is 3.57. The largest absolute Gasteiger partial charge is 0.497 e. The van der Waals surface area contributed by atoms with E-state index in [2.05, 4.69) is 4.99 Å². The molecule has 4 aromatic rings. The van der Waals surface area contributed by atoms with Crippen LogP contribution in [0.2, 0.25) is 0 Å². The molecule has 11 nitrogen and oxygen atoms in total. The van der Waals surface area contributed by atoms with Crippen molar-refractivity contribution in [3.8, 4) is 22.8 Å². The zero-order valence-electron chi connectivity index (χ0n) is 22.6. The van der Waals surface area contributed by atoms with Gasteiger partial charge in [0, 0.05) is 35.4 Å². The first-order valence-corrected chi connectivity index (χ1v) is 13.3. The molecule has 0 amide bonds. The van der Waals surface area contributed by atoms with Crippen LogP contribution in [-0.2, 0) is 9.53 Å². The van der Waals surface area contributed by atoms with E-state index in [9.17, 15) is 19.7 Å². The second kappa shape index (κ2) is 11.3. The van der Waals surface area contributed by atoms with E-state index in [1.807, 2.05) is 0 Å². The van der Waals surface area contributed by atoms with Crippen LogP contribution in [0.25, 0.3) is 17.4 Å². The van der Waals surface area contributed by atoms with Crippen LogP contribution in [0.3, 0.4) is 0 Å². The Morgan fingerprint density at radius 1 is 1.15 bits per heavy atom. The second-order valence-electron chi connectivity index (χ2n) is 8.92. The lowest BCUT2D eigenvalue weighted by Gasteiger charge is -2.26. The molecule has 12 heteroatoms. The molecular weight excluding hydrogens is 550 g/mol. The Morgan fingerprint density at radius 3 is 2.56 bits per heavy atom. The lowest BCUT2D eigenvalue weighted by Crippen LogP contribution is -2.40. The van der Waals surface area contributed by atoms with Crippen molar-refractivity contribution in [3.63, 3.8) is 0 Å². The van der Waals surface area contributed by atoms with E-state index in [0.717, 1.165) is 11.3 Å². The number of hydrogen-bond acceptors (Lipinski definition) is 10. The molecule has 0 bridgehead atoms. The Hall–Kier alpha value is -4.97.